The fraction of sp³-hybridized carbons (Fsp3) is 0. The number of nitrogens with one attached hydrogen (secondary N) is 1. The Morgan fingerprint density at radius 1 is 1.43 bits per heavy atom. The summed E-state index contributed by atoms with van der Waals surface area (Å²) in [7, 11) is 0. The first kappa shape index (κ1) is 14.9. The van der Waals surface area contributed by atoms with E-state index < -0.39 is 28.0 Å². The highest BCUT2D eigenvalue weighted by Crippen LogP contribution is 2.27. The first-order valence-corrected chi connectivity index (χ1v) is 6.27. The Bertz CT molecular complexity index is 738. The van der Waals surface area contributed by atoms with Crippen LogP contribution in [0.1, 0.15) is 10.4 Å². The molecule has 0 unspecified atom stereocenters. The average molecular weight is 356 g/mol. The summed E-state index contributed by atoms with van der Waals surface area (Å²) < 4.78 is 13.7. The Labute approximate surface area is 125 Å². The molecule has 0 aliphatic heterocycles. The van der Waals surface area contributed by atoms with Crippen LogP contribution in [0.25, 0.3) is 0 Å². The second-order valence-corrected chi connectivity index (χ2v) is 4.75. The minimum Gasteiger partial charge on any atom is -0.477 e. The lowest BCUT2D eigenvalue weighted by Gasteiger charge is -2.08. The van der Waals surface area contributed by atoms with Crippen LogP contribution >= 0.6 is 15.9 Å². The number of anilines is 2. The molecule has 1 aromatic carbocycles. The van der Waals surface area contributed by atoms with E-state index in [1.807, 2.05) is 0 Å². The minimum absolute atomic E-state index is 0.0456. The van der Waals surface area contributed by atoms with Crippen LogP contribution in [-0.2, 0) is 0 Å². The quantitative estimate of drug-likeness (QED) is 0.643. The molecule has 7 nitrogen and oxygen atoms in total. The van der Waals surface area contributed by atoms with Crippen molar-refractivity contribution in [3.8, 4) is 0 Å². The highest BCUT2D eigenvalue weighted by atomic mass is 79.9. The fourth-order valence-corrected chi connectivity index (χ4v) is 1.91. The molecule has 0 radical (unpaired) electrons. The Morgan fingerprint density at radius 3 is 2.76 bits per heavy atom. The standard InChI is InChI=1S/C12H7BrFN3O4/c13-8-2-1-6(14)3-9(8)16-11-4-7(12(18)19)10(5-15-11)17(20)21/h1-5H,(H,15,16)(H,18,19). The lowest BCUT2D eigenvalue weighted by Crippen LogP contribution is -2.05. The van der Waals surface area contributed by atoms with Crippen molar-refractivity contribution in [3.05, 3.63) is 56.4 Å². The van der Waals surface area contributed by atoms with Crippen LogP contribution in [0.5, 0.6) is 0 Å². The number of pyridine rings is 1. The van der Waals surface area contributed by atoms with Gasteiger partial charge in [0.1, 0.15) is 23.4 Å². The average Bonchev–Trinajstić information content (AvgIpc) is 2.42. The van der Waals surface area contributed by atoms with E-state index in [1.54, 1.807) is 0 Å². The number of benzene rings is 1. The van der Waals surface area contributed by atoms with Gasteiger partial charge in [-0.1, -0.05) is 0 Å². The van der Waals surface area contributed by atoms with Gasteiger partial charge in [0.25, 0.3) is 0 Å². The summed E-state index contributed by atoms with van der Waals surface area (Å²) in [5.74, 6) is -1.91. The Morgan fingerprint density at radius 2 is 2.14 bits per heavy atom. The number of aromatic nitrogens is 1. The summed E-state index contributed by atoms with van der Waals surface area (Å²) in [6.07, 6.45) is 0.832. The van der Waals surface area contributed by atoms with Gasteiger partial charge in [-0.05, 0) is 34.1 Å². The zero-order valence-electron chi connectivity index (χ0n) is 10.2. The van der Waals surface area contributed by atoms with Crippen molar-refractivity contribution >= 4 is 39.1 Å². The minimum atomic E-state index is -1.45. The maximum absolute atomic E-state index is 13.2. The predicted molar refractivity (Wildman–Crippen MR) is 75.2 cm³/mol. The van der Waals surface area contributed by atoms with Crippen molar-refractivity contribution in [1.29, 1.82) is 0 Å². The predicted octanol–water partition coefficient (Wildman–Crippen LogP) is 3.33. The molecule has 2 aromatic rings. The number of aromatic carboxylic acids is 1. The number of rotatable bonds is 4. The van der Waals surface area contributed by atoms with Crippen LogP contribution < -0.4 is 5.32 Å². The molecule has 1 heterocycles. The number of halogens is 2. The van der Waals surface area contributed by atoms with Gasteiger partial charge in [-0.15, -0.1) is 0 Å². The molecular weight excluding hydrogens is 349 g/mol. The molecule has 21 heavy (non-hydrogen) atoms. The van der Waals surface area contributed by atoms with E-state index in [0.717, 1.165) is 12.3 Å². The van der Waals surface area contributed by atoms with Gasteiger partial charge in [-0.2, -0.15) is 0 Å². The van der Waals surface area contributed by atoms with Crippen molar-refractivity contribution in [3.63, 3.8) is 0 Å². The molecule has 0 saturated carbocycles. The van der Waals surface area contributed by atoms with Gasteiger partial charge in [-0.3, -0.25) is 10.1 Å². The molecule has 0 fully saturated rings. The lowest BCUT2D eigenvalue weighted by atomic mass is 10.2. The number of carbonyl (C=O) groups is 1. The number of carboxylic acids is 1. The zero-order valence-corrected chi connectivity index (χ0v) is 11.8. The molecule has 9 heteroatoms. The van der Waals surface area contributed by atoms with Gasteiger partial charge >= 0.3 is 11.7 Å². The van der Waals surface area contributed by atoms with Gasteiger partial charge < -0.3 is 10.4 Å². The van der Waals surface area contributed by atoms with Gasteiger partial charge in [0.2, 0.25) is 0 Å². The van der Waals surface area contributed by atoms with Crippen molar-refractivity contribution in [1.82, 2.24) is 4.98 Å². The van der Waals surface area contributed by atoms with Crippen molar-refractivity contribution in [2.45, 2.75) is 0 Å². The number of nitrogens with zero attached hydrogens (tertiary/aromatic N) is 2. The van der Waals surface area contributed by atoms with Crippen molar-refractivity contribution < 1.29 is 19.2 Å². The van der Waals surface area contributed by atoms with Gasteiger partial charge in [0, 0.05) is 10.5 Å². The molecule has 1 aromatic heterocycles. The lowest BCUT2D eigenvalue weighted by molar-refractivity contribution is -0.385. The zero-order chi connectivity index (χ0) is 15.6. The van der Waals surface area contributed by atoms with E-state index >= 15 is 0 Å². The van der Waals surface area contributed by atoms with Gasteiger partial charge in [0.05, 0.1) is 10.6 Å². The molecular formula is C12H7BrFN3O4. The molecule has 108 valence electrons. The van der Waals surface area contributed by atoms with Crippen LogP contribution in [0.3, 0.4) is 0 Å². The molecule has 0 aliphatic rings. The van der Waals surface area contributed by atoms with Crippen molar-refractivity contribution in [2.24, 2.45) is 0 Å². The van der Waals surface area contributed by atoms with E-state index in [9.17, 15) is 19.3 Å². The summed E-state index contributed by atoms with van der Waals surface area (Å²) in [5, 5.41) is 22.4. The first-order chi connectivity index (χ1) is 9.88. The third-order valence-electron chi connectivity index (χ3n) is 2.50. The Balaban J connectivity index is 2.41. The largest absolute Gasteiger partial charge is 0.477 e. The third-order valence-corrected chi connectivity index (χ3v) is 3.19. The monoisotopic (exact) mass is 355 g/mol. The molecule has 0 saturated heterocycles. The molecule has 0 atom stereocenters. The maximum atomic E-state index is 13.2. The second kappa shape index (κ2) is 5.83. The topological polar surface area (TPSA) is 105 Å². The Kier molecular flexibility index (Phi) is 4.13. The summed E-state index contributed by atoms with van der Waals surface area (Å²) in [6, 6.07) is 4.88. The highest BCUT2D eigenvalue weighted by Gasteiger charge is 2.21. The number of carboxylic acid groups (broad SMARTS) is 1. The van der Waals surface area contributed by atoms with Crippen LogP contribution in [0.4, 0.5) is 21.6 Å². The van der Waals surface area contributed by atoms with Gasteiger partial charge in [0.15, 0.2) is 0 Å². The number of hydrogen-bond acceptors (Lipinski definition) is 5. The Hall–Kier alpha value is -2.55. The normalized spacial score (nSPS) is 10.2. The summed E-state index contributed by atoms with van der Waals surface area (Å²) in [6.45, 7) is 0. The smallest absolute Gasteiger partial charge is 0.342 e. The van der Waals surface area contributed by atoms with Crippen LogP contribution in [0.2, 0.25) is 0 Å². The summed E-state index contributed by atoms with van der Waals surface area (Å²) >= 11 is 3.19. The van der Waals surface area contributed by atoms with E-state index in [2.05, 4.69) is 26.2 Å². The van der Waals surface area contributed by atoms with Crippen molar-refractivity contribution in [2.75, 3.05) is 5.32 Å². The first-order valence-electron chi connectivity index (χ1n) is 5.48. The SMILES string of the molecule is O=C(O)c1cc(Nc2cc(F)ccc2Br)ncc1[N+](=O)[O-]. The molecule has 0 bridgehead atoms. The fourth-order valence-electron chi connectivity index (χ4n) is 1.56. The number of hydrogen-bond donors (Lipinski definition) is 2. The molecule has 2 rings (SSSR count). The summed E-state index contributed by atoms with van der Waals surface area (Å²) in [5.41, 5.74) is -0.816. The summed E-state index contributed by atoms with van der Waals surface area (Å²) in [4.78, 5) is 24.7. The molecule has 0 amide bonds. The molecule has 2 N–H and O–H groups in total. The van der Waals surface area contributed by atoms with Crippen LogP contribution in [-0.4, -0.2) is 21.0 Å². The number of nitro groups is 1. The third kappa shape index (κ3) is 3.31. The van der Waals surface area contributed by atoms with Crippen LogP contribution in [0.15, 0.2) is 34.9 Å². The van der Waals surface area contributed by atoms with E-state index in [1.165, 1.54) is 18.2 Å². The van der Waals surface area contributed by atoms with Gasteiger partial charge in [-0.25, -0.2) is 14.2 Å². The van der Waals surface area contributed by atoms with E-state index in [-0.39, 0.29) is 5.82 Å². The maximum Gasteiger partial charge on any atom is 0.342 e. The molecule has 0 spiro atoms. The van der Waals surface area contributed by atoms with Crippen LogP contribution in [0, 0.1) is 15.9 Å². The highest BCUT2D eigenvalue weighted by molar-refractivity contribution is 9.10. The van der Waals surface area contributed by atoms with E-state index in [0.29, 0.717) is 10.2 Å². The van der Waals surface area contributed by atoms with E-state index in [4.69, 9.17) is 5.11 Å². The second-order valence-electron chi connectivity index (χ2n) is 3.90. The molecule has 0 aliphatic carbocycles.